The molecule has 0 nitrogen and oxygen atoms in total. The van der Waals surface area contributed by atoms with E-state index in [-0.39, 0.29) is 4.70 Å². The average molecular weight is 411 g/mol. The third kappa shape index (κ3) is 4.23. The predicted molar refractivity (Wildman–Crippen MR) is 98.2 cm³/mol. The summed E-state index contributed by atoms with van der Waals surface area (Å²) in [6.45, 7) is 6.47. The van der Waals surface area contributed by atoms with E-state index in [1.807, 2.05) is 0 Å². The van der Waals surface area contributed by atoms with Crippen LogP contribution < -0.4 is 15.4 Å². The van der Waals surface area contributed by atoms with Crippen molar-refractivity contribution in [3.05, 3.63) is 89.5 Å². The maximum absolute atomic E-state index is 2.34. The van der Waals surface area contributed by atoms with E-state index in [0.717, 1.165) is 0 Å². The summed E-state index contributed by atoms with van der Waals surface area (Å²) in [6, 6.07) is 27.5. The van der Waals surface area contributed by atoms with Gasteiger partial charge >= 0.3 is 141 Å². The number of hydrogen-bond donors (Lipinski definition) is 0. The summed E-state index contributed by atoms with van der Waals surface area (Å²) in [5.41, 5.74) is 4.00. The molecule has 0 heterocycles. The Bertz CT molecular complexity index is 635. The Morgan fingerprint density at radius 2 is 0.652 bits per heavy atom. The van der Waals surface area contributed by atoms with E-state index in [1.165, 1.54) is 16.7 Å². The first-order valence-electron chi connectivity index (χ1n) is 7.71. The Kier molecular flexibility index (Phi) is 6.00. The Morgan fingerprint density at radius 3 is 0.870 bits per heavy atom. The third-order valence-corrected chi connectivity index (χ3v) is 11.8. The average Bonchev–Trinajstić information content (AvgIpc) is 2.53. The van der Waals surface area contributed by atoms with Crippen molar-refractivity contribution in [2.45, 2.75) is 20.8 Å². The van der Waals surface area contributed by atoms with Crippen molar-refractivity contribution in [1.82, 2.24) is 0 Å². The molecule has 0 saturated heterocycles. The molecule has 3 rings (SSSR count). The van der Waals surface area contributed by atoms with Crippen molar-refractivity contribution in [2.24, 2.45) is 0 Å². The molecule has 0 aliphatic carbocycles. The molecule has 116 valence electrons. The second-order valence-electron chi connectivity index (χ2n) is 5.97. The van der Waals surface area contributed by atoms with Crippen LogP contribution >= 0.6 is 0 Å². The van der Waals surface area contributed by atoms with Gasteiger partial charge in [0.15, 0.2) is 0 Å². The monoisotopic (exact) mass is 412 g/mol. The standard InChI is InChI=1S/3C7H7.FH.Sn/c3*1-7-5-3-2-4-6-7;;/h3*3-6H,1H3;1H;/q;;;;+1/p-1. The van der Waals surface area contributed by atoms with Gasteiger partial charge in [-0.3, -0.25) is 0 Å². The molecule has 0 atom stereocenters. The maximum Gasteiger partial charge on any atom is -1.00 e. The van der Waals surface area contributed by atoms with Crippen LogP contribution in [0.3, 0.4) is 0 Å². The van der Waals surface area contributed by atoms with Gasteiger partial charge in [0.2, 0.25) is 0 Å². The van der Waals surface area contributed by atoms with E-state index in [4.69, 9.17) is 0 Å². The zero-order chi connectivity index (χ0) is 15.5. The van der Waals surface area contributed by atoms with Crippen LogP contribution in [-0.4, -0.2) is 19.8 Å². The van der Waals surface area contributed by atoms with Gasteiger partial charge in [-0.1, -0.05) is 0 Å². The topological polar surface area (TPSA) is 0 Å². The van der Waals surface area contributed by atoms with Gasteiger partial charge in [0.1, 0.15) is 0 Å². The van der Waals surface area contributed by atoms with Gasteiger partial charge < -0.3 is 4.70 Å². The molecule has 23 heavy (non-hydrogen) atoms. The number of halogens is 1. The van der Waals surface area contributed by atoms with Crippen LogP contribution in [0.1, 0.15) is 16.7 Å². The molecule has 0 radical (unpaired) electrons. The molecule has 3 aromatic carbocycles. The van der Waals surface area contributed by atoms with Crippen LogP contribution in [0.25, 0.3) is 0 Å². The van der Waals surface area contributed by atoms with E-state index in [1.54, 1.807) is 10.7 Å². The van der Waals surface area contributed by atoms with E-state index in [9.17, 15) is 0 Å². The van der Waals surface area contributed by atoms with E-state index in [0.29, 0.717) is 0 Å². The normalized spacial score (nSPS) is 10.0. The second-order valence-corrected chi connectivity index (χ2v) is 13.1. The number of rotatable bonds is 3. The molecule has 0 spiro atoms. The Morgan fingerprint density at radius 1 is 0.435 bits per heavy atom. The van der Waals surface area contributed by atoms with Crippen LogP contribution in [0, 0.1) is 20.8 Å². The first-order valence-corrected chi connectivity index (χ1v) is 12.0. The second kappa shape index (κ2) is 7.78. The first-order chi connectivity index (χ1) is 10.6. The summed E-state index contributed by atoms with van der Waals surface area (Å²) in [7, 11) is 0. The van der Waals surface area contributed by atoms with Gasteiger partial charge in [-0.25, -0.2) is 0 Å². The van der Waals surface area contributed by atoms with Crippen LogP contribution in [0.15, 0.2) is 72.8 Å². The summed E-state index contributed by atoms with van der Waals surface area (Å²) >= 11 is -2.06. The van der Waals surface area contributed by atoms with Gasteiger partial charge in [-0.2, -0.15) is 0 Å². The molecule has 0 aliphatic rings. The fourth-order valence-electron chi connectivity index (χ4n) is 2.66. The van der Waals surface area contributed by atoms with Gasteiger partial charge in [0, 0.05) is 0 Å². The van der Waals surface area contributed by atoms with Gasteiger partial charge in [0.25, 0.3) is 0 Å². The Balaban J connectivity index is 0.00000192. The van der Waals surface area contributed by atoms with Crippen molar-refractivity contribution >= 4 is 30.5 Å². The van der Waals surface area contributed by atoms with Gasteiger partial charge in [0.05, 0.1) is 0 Å². The molecule has 0 N–H and O–H groups in total. The molecular weight excluding hydrogens is 390 g/mol. The van der Waals surface area contributed by atoms with E-state index in [2.05, 4.69) is 93.6 Å². The van der Waals surface area contributed by atoms with Gasteiger partial charge in [-0.05, 0) is 0 Å². The smallest absolute Gasteiger partial charge is 1.00 e. The van der Waals surface area contributed by atoms with Crippen molar-refractivity contribution in [2.75, 3.05) is 0 Å². The van der Waals surface area contributed by atoms with Crippen molar-refractivity contribution in [3.8, 4) is 0 Å². The minimum absolute atomic E-state index is 0. The summed E-state index contributed by atoms with van der Waals surface area (Å²) in [5, 5.41) is 0. The molecule has 0 fully saturated rings. The number of hydrogen-bond acceptors (Lipinski definition) is 0. The van der Waals surface area contributed by atoms with Crippen LogP contribution in [0.5, 0.6) is 0 Å². The van der Waals surface area contributed by atoms with Crippen LogP contribution in [0.4, 0.5) is 0 Å². The van der Waals surface area contributed by atoms with E-state index >= 15 is 0 Å². The third-order valence-electron chi connectivity index (χ3n) is 4.02. The summed E-state index contributed by atoms with van der Waals surface area (Å²) in [6.07, 6.45) is 0. The largest absolute Gasteiger partial charge is 1.00 e. The summed E-state index contributed by atoms with van der Waals surface area (Å²) in [5.74, 6) is 0. The van der Waals surface area contributed by atoms with Crippen LogP contribution in [-0.2, 0) is 0 Å². The van der Waals surface area contributed by atoms with Crippen LogP contribution in [0.2, 0.25) is 0 Å². The zero-order valence-corrected chi connectivity index (χ0v) is 16.7. The maximum atomic E-state index is 2.34. The molecule has 0 aromatic heterocycles. The molecule has 3 aromatic rings. The SMILES string of the molecule is Cc1cc[c]([Sn+]([c]2ccc(C)cc2)[c]2ccc(C)cc2)cc1.[F-]. The Labute approximate surface area is 145 Å². The predicted octanol–water partition coefficient (Wildman–Crippen LogP) is 0.132. The van der Waals surface area contributed by atoms with Crippen molar-refractivity contribution in [3.63, 3.8) is 0 Å². The van der Waals surface area contributed by atoms with E-state index < -0.39 is 19.8 Å². The minimum Gasteiger partial charge on any atom is -1.00 e. The quantitative estimate of drug-likeness (QED) is 0.538. The molecule has 0 unspecified atom stereocenters. The summed E-state index contributed by atoms with van der Waals surface area (Å²) in [4.78, 5) is 0. The number of benzene rings is 3. The molecule has 0 aliphatic heterocycles. The molecular formula is C21H21FSn. The van der Waals surface area contributed by atoms with Gasteiger partial charge in [-0.15, -0.1) is 0 Å². The summed E-state index contributed by atoms with van der Waals surface area (Å²) < 4.78 is 4.63. The fourth-order valence-corrected chi connectivity index (χ4v) is 9.80. The van der Waals surface area contributed by atoms with Crippen molar-refractivity contribution < 1.29 is 4.70 Å². The molecule has 0 bridgehead atoms. The first kappa shape index (κ1) is 17.7. The molecule has 0 saturated carbocycles. The minimum atomic E-state index is -2.06. The fraction of sp³-hybridized carbons (Fsp3) is 0.143. The molecule has 2 heteroatoms. The number of aryl methyl sites for hydroxylation is 3. The zero-order valence-electron chi connectivity index (χ0n) is 13.8. The Hall–Kier alpha value is -1.61. The van der Waals surface area contributed by atoms with Crippen molar-refractivity contribution in [1.29, 1.82) is 0 Å². The molecule has 0 amide bonds.